The number of hydrogen-bond acceptors (Lipinski definition) is 0. The first-order valence-electron chi connectivity index (χ1n) is 18.8. The zero-order valence-corrected chi connectivity index (χ0v) is 32.3. The summed E-state index contributed by atoms with van der Waals surface area (Å²) in [7, 11) is -18.0. The van der Waals surface area contributed by atoms with Crippen LogP contribution < -0.4 is 13.7 Å². The second-order valence-corrected chi connectivity index (χ2v) is 13.1. The fourth-order valence-corrected chi connectivity index (χ4v) is 5.69. The molecule has 0 atom stereocenters. The van der Waals surface area contributed by atoms with Crippen LogP contribution in [-0.4, -0.2) is 21.8 Å². The molecule has 322 valence electrons. The van der Waals surface area contributed by atoms with Crippen molar-refractivity contribution in [2.75, 3.05) is 0 Å². The van der Waals surface area contributed by atoms with Gasteiger partial charge >= 0.3 is 21.8 Å². The minimum Gasteiger partial charge on any atom is -0.418 e. The molecule has 0 unspecified atom stereocenters. The molecule has 59 heavy (non-hydrogen) atoms. The van der Waals surface area contributed by atoms with Gasteiger partial charge in [-0.15, -0.1) is 0 Å². The normalized spacial score (nSPS) is 11.4. The summed E-state index contributed by atoms with van der Waals surface area (Å²) < 4.78 is 152. The molecule has 0 radical (unpaired) electrons. The number of halogens is 14. The molecular formula is C39H44B3F14N3. The minimum absolute atomic E-state index is 0.273. The second-order valence-electron chi connectivity index (χ2n) is 13.1. The average molecular weight is 853 g/mol. The van der Waals surface area contributed by atoms with Gasteiger partial charge in [-0.05, 0) is 72.5 Å². The van der Waals surface area contributed by atoms with Crippen LogP contribution >= 0.6 is 0 Å². The number of benzene rings is 2. The zero-order chi connectivity index (χ0) is 44.2. The Hall–Kier alpha value is -4.90. The minimum atomic E-state index is -6.00. The summed E-state index contributed by atoms with van der Waals surface area (Å²) in [5.74, 6) is -0.545. The van der Waals surface area contributed by atoms with Crippen molar-refractivity contribution < 1.29 is 74.3 Å². The van der Waals surface area contributed by atoms with Crippen molar-refractivity contribution in [2.45, 2.75) is 78.3 Å². The molecule has 0 aliphatic rings. The molecule has 0 spiro atoms. The van der Waals surface area contributed by atoms with Gasteiger partial charge in [0.15, 0.2) is 24.8 Å². The Labute approximate surface area is 334 Å². The van der Waals surface area contributed by atoms with Crippen LogP contribution in [0.15, 0.2) is 110 Å². The lowest BCUT2D eigenvalue weighted by molar-refractivity contribution is -0.698. The van der Waals surface area contributed by atoms with E-state index in [1.54, 1.807) is 0 Å². The highest BCUT2D eigenvalue weighted by atomic mass is 19.5. The average Bonchev–Trinajstić information content (AvgIpc) is 3.14. The highest BCUT2D eigenvalue weighted by Gasteiger charge is 2.26. The third-order valence-corrected chi connectivity index (χ3v) is 8.24. The Morgan fingerprint density at radius 2 is 0.712 bits per heavy atom. The van der Waals surface area contributed by atoms with E-state index < -0.39 is 21.8 Å². The van der Waals surface area contributed by atoms with Crippen LogP contribution in [0.1, 0.15) is 65.2 Å². The summed E-state index contributed by atoms with van der Waals surface area (Å²) >= 11 is 0. The largest absolute Gasteiger partial charge is 0.673 e. The molecule has 0 amide bonds. The maximum Gasteiger partial charge on any atom is 0.673 e. The first-order valence-corrected chi connectivity index (χ1v) is 18.8. The Morgan fingerprint density at radius 3 is 1.03 bits per heavy atom. The van der Waals surface area contributed by atoms with Crippen LogP contribution in [0.3, 0.4) is 0 Å². The van der Waals surface area contributed by atoms with Crippen LogP contribution in [0.5, 0.6) is 0 Å². The predicted molar refractivity (Wildman–Crippen MR) is 203 cm³/mol. The van der Waals surface area contributed by atoms with Crippen molar-refractivity contribution in [1.29, 1.82) is 0 Å². The van der Waals surface area contributed by atoms with Crippen molar-refractivity contribution in [3.05, 3.63) is 121 Å². The first kappa shape index (κ1) is 50.2. The van der Waals surface area contributed by atoms with Crippen molar-refractivity contribution in [3.8, 4) is 39.3 Å². The number of aromatic nitrogens is 3. The maximum absolute atomic E-state index is 14.1. The fourth-order valence-electron chi connectivity index (χ4n) is 5.69. The van der Waals surface area contributed by atoms with E-state index in [1.165, 1.54) is 69.2 Å². The van der Waals surface area contributed by atoms with E-state index in [4.69, 9.17) is 0 Å². The summed E-state index contributed by atoms with van der Waals surface area (Å²) in [6, 6.07) is 26.2. The summed E-state index contributed by atoms with van der Waals surface area (Å²) in [6.07, 6.45) is 18.3. The van der Waals surface area contributed by atoms with Crippen molar-refractivity contribution in [1.82, 2.24) is 0 Å². The Kier molecular flexibility index (Phi) is 20.7. The Balaban J connectivity index is 0.000000684. The van der Waals surface area contributed by atoms with Crippen LogP contribution in [-0.2, 0) is 13.1 Å². The summed E-state index contributed by atoms with van der Waals surface area (Å²) in [4.78, 5) is 0. The van der Waals surface area contributed by atoms with Gasteiger partial charge in [0.2, 0.25) is 17.1 Å². The first-order chi connectivity index (χ1) is 27.6. The van der Waals surface area contributed by atoms with E-state index in [1.807, 2.05) is 24.3 Å². The Morgan fingerprint density at radius 1 is 0.390 bits per heavy atom. The third kappa shape index (κ3) is 22.2. The van der Waals surface area contributed by atoms with Crippen molar-refractivity contribution in [2.24, 2.45) is 0 Å². The smallest absolute Gasteiger partial charge is 0.418 e. The zero-order valence-electron chi connectivity index (χ0n) is 32.3. The van der Waals surface area contributed by atoms with Gasteiger partial charge in [-0.3, -0.25) is 0 Å². The number of nitrogens with zero attached hydrogens (tertiary/aromatic N) is 3. The highest BCUT2D eigenvalue weighted by Crippen LogP contribution is 2.30. The monoisotopic (exact) mass is 853 g/mol. The van der Waals surface area contributed by atoms with Gasteiger partial charge in [0.05, 0.1) is 12.1 Å². The molecule has 0 saturated carbocycles. The topological polar surface area (TPSA) is 11.6 Å². The van der Waals surface area contributed by atoms with E-state index in [2.05, 4.69) is 88.7 Å². The highest BCUT2D eigenvalue weighted by molar-refractivity contribution is 6.50. The van der Waals surface area contributed by atoms with Gasteiger partial charge < -0.3 is 51.8 Å². The summed E-state index contributed by atoms with van der Waals surface area (Å²) in [6.45, 7) is 6.44. The second kappa shape index (κ2) is 24.3. The molecule has 5 rings (SSSR count). The fraction of sp³-hybridized carbons (Fsp3) is 0.308. The molecule has 5 aromatic rings. The summed E-state index contributed by atoms with van der Waals surface area (Å²) in [5.41, 5.74) is 6.77. The van der Waals surface area contributed by atoms with Gasteiger partial charge in [0.1, 0.15) is 24.7 Å². The number of pyridine rings is 3. The lowest BCUT2D eigenvalue weighted by Crippen LogP contribution is -2.39. The predicted octanol–water partition coefficient (Wildman–Crippen LogP) is 12.9. The van der Waals surface area contributed by atoms with Crippen molar-refractivity contribution >= 4 is 21.8 Å². The molecular weight excluding hydrogens is 809 g/mol. The SMILES string of the molecule is CCCCCC[n+]1ccc(-c2cc(-c3ccc(F)cc3)[n+](-c3cc[n+](CCCCCC)cc3)c(-c3ccc(F)cc3)c2)cc1.F[B-](F)(F)F.F[B-](F)(F)F.F[B-](F)(F)F. The van der Waals surface area contributed by atoms with E-state index in [-0.39, 0.29) is 11.6 Å². The standard InChI is InChI=1S/C39H44F2N3.3BF4/c1-3-5-7-9-23-42-25-19-31(20-26-42)34-29-38(32-11-15-35(40)16-12-32)44(39(30-34)33-13-17-36(41)18-14-33)37-21-27-43(28-22-37)24-10-8-6-4-2;3*2-1(3,4)5/h11-22,25-30H,3-10,23-24H2,1-2H3;;;/q+3;3*-1. The van der Waals surface area contributed by atoms with Crippen molar-refractivity contribution in [3.63, 3.8) is 0 Å². The molecule has 20 heteroatoms. The number of hydrogen-bond donors (Lipinski definition) is 0. The molecule has 3 heterocycles. The van der Waals surface area contributed by atoms with Gasteiger partial charge in [-0.25, -0.2) is 17.9 Å². The third-order valence-electron chi connectivity index (χ3n) is 8.24. The van der Waals surface area contributed by atoms with Gasteiger partial charge in [0, 0.05) is 48.2 Å². The maximum atomic E-state index is 14.1. The number of unbranched alkanes of at least 4 members (excludes halogenated alkanes) is 6. The number of rotatable bonds is 14. The molecule has 0 bridgehead atoms. The van der Waals surface area contributed by atoms with Crippen LogP contribution in [0.25, 0.3) is 39.3 Å². The van der Waals surface area contributed by atoms with E-state index >= 15 is 0 Å². The lowest BCUT2D eigenvalue weighted by atomic mass is 9.99. The van der Waals surface area contributed by atoms with E-state index in [0.29, 0.717) is 0 Å². The van der Waals surface area contributed by atoms with Gasteiger partial charge in [0.25, 0.3) is 0 Å². The number of aryl methyl sites for hydroxylation is 2. The molecule has 0 N–H and O–H groups in total. The van der Waals surface area contributed by atoms with Crippen LogP contribution in [0.2, 0.25) is 0 Å². The quantitative estimate of drug-likeness (QED) is 0.0456. The summed E-state index contributed by atoms with van der Waals surface area (Å²) in [5, 5.41) is 0. The lowest BCUT2D eigenvalue weighted by Gasteiger charge is -2.12. The molecule has 0 aliphatic heterocycles. The van der Waals surface area contributed by atoms with E-state index in [0.717, 1.165) is 58.8 Å². The van der Waals surface area contributed by atoms with Gasteiger partial charge in [-0.1, -0.05) is 39.5 Å². The molecule has 3 aromatic heterocycles. The molecule has 2 aromatic carbocycles. The Bertz CT molecular complexity index is 1830. The molecule has 0 fully saturated rings. The van der Waals surface area contributed by atoms with Gasteiger partial charge in [-0.2, -0.15) is 4.57 Å². The van der Waals surface area contributed by atoms with Crippen LogP contribution in [0.4, 0.5) is 60.6 Å². The molecule has 0 aliphatic carbocycles. The molecule has 3 nitrogen and oxygen atoms in total. The van der Waals surface area contributed by atoms with Crippen LogP contribution in [0, 0.1) is 11.6 Å². The van der Waals surface area contributed by atoms with E-state index in [9.17, 15) is 60.6 Å². The molecule has 0 saturated heterocycles.